The zero-order valence-corrected chi connectivity index (χ0v) is 16.2. The van der Waals surface area contributed by atoms with E-state index in [0.717, 1.165) is 0 Å². The van der Waals surface area contributed by atoms with Crippen LogP contribution in [0.15, 0.2) is 0 Å². The van der Waals surface area contributed by atoms with Crippen LogP contribution < -0.4 is 0 Å². The molecule has 144 valence electrons. The van der Waals surface area contributed by atoms with E-state index in [-0.39, 0.29) is 18.4 Å². The van der Waals surface area contributed by atoms with Crippen molar-refractivity contribution in [3.8, 4) is 0 Å². The van der Waals surface area contributed by atoms with Crippen LogP contribution >= 0.6 is 0 Å². The van der Waals surface area contributed by atoms with E-state index in [1.165, 1.54) is 13.8 Å². The maximum atomic E-state index is 12.4. The van der Waals surface area contributed by atoms with E-state index in [9.17, 15) is 14.4 Å². The maximum absolute atomic E-state index is 12.4. The molecule has 0 bridgehead atoms. The van der Waals surface area contributed by atoms with Gasteiger partial charge in [0.2, 0.25) is 6.29 Å². The average Bonchev–Trinajstić information content (AvgIpc) is 2.52. The van der Waals surface area contributed by atoms with Crippen LogP contribution in [-0.4, -0.2) is 43.0 Å². The van der Waals surface area contributed by atoms with Gasteiger partial charge in [-0.25, -0.2) is 0 Å². The highest BCUT2D eigenvalue weighted by atomic mass is 16.7. The largest absolute Gasteiger partial charge is 0.463 e. The van der Waals surface area contributed by atoms with E-state index in [0.29, 0.717) is 6.42 Å². The van der Waals surface area contributed by atoms with Gasteiger partial charge in [0, 0.05) is 19.8 Å². The molecule has 1 saturated heterocycles. The third-order valence-corrected chi connectivity index (χ3v) is 4.92. The molecule has 1 fully saturated rings. The number of ether oxygens (including phenoxy) is 4. The van der Waals surface area contributed by atoms with Gasteiger partial charge in [0.25, 0.3) is 0 Å². The number of esters is 3. The average molecular weight is 358 g/mol. The van der Waals surface area contributed by atoms with E-state index in [1.54, 1.807) is 13.8 Å². The zero-order chi connectivity index (χ0) is 19.4. The minimum atomic E-state index is -1.03. The molecule has 0 radical (unpaired) electrons. The lowest BCUT2D eigenvalue weighted by Gasteiger charge is -2.43. The molecule has 5 atom stereocenters. The summed E-state index contributed by atoms with van der Waals surface area (Å²) in [7, 11) is 0. The van der Waals surface area contributed by atoms with Crippen LogP contribution in [0.3, 0.4) is 0 Å². The van der Waals surface area contributed by atoms with Crippen molar-refractivity contribution in [2.24, 2.45) is 17.3 Å². The fourth-order valence-corrected chi connectivity index (χ4v) is 2.51. The second-order valence-corrected chi connectivity index (χ2v) is 7.28. The number of rotatable bonds is 6. The van der Waals surface area contributed by atoms with Crippen molar-refractivity contribution < 1.29 is 33.3 Å². The molecular formula is C18H30O7. The monoisotopic (exact) mass is 358 g/mol. The SMILES string of the molecule is CCC(C)(C)C(=O)OC1OC(COC(C)=O)C(C)C(C)C1OC(C)=O. The molecule has 1 aliphatic rings. The Kier molecular flexibility index (Phi) is 7.41. The molecule has 0 spiro atoms. The molecule has 0 saturated carbocycles. The second kappa shape index (κ2) is 8.65. The number of carbonyl (C=O) groups is 3. The summed E-state index contributed by atoms with van der Waals surface area (Å²) in [6.45, 7) is 11.9. The van der Waals surface area contributed by atoms with Gasteiger partial charge in [0.05, 0.1) is 11.5 Å². The van der Waals surface area contributed by atoms with Crippen molar-refractivity contribution in [1.29, 1.82) is 0 Å². The normalized spacial score (nSPS) is 29.6. The Morgan fingerprint density at radius 3 is 2.08 bits per heavy atom. The topological polar surface area (TPSA) is 88.1 Å². The quantitative estimate of drug-likeness (QED) is 0.532. The van der Waals surface area contributed by atoms with Crippen molar-refractivity contribution in [2.75, 3.05) is 6.61 Å². The molecule has 7 heteroatoms. The summed E-state index contributed by atoms with van der Waals surface area (Å²) in [4.78, 5) is 35.0. The first kappa shape index (κ1) is 21.4. The molecule has 0 aromatic carbocycles. The summed E-state index contributed by atoms with van der Waals surface area (Å²) in [6, 6.07) is 0. The summed E-state index contributed by atoms with van der Waals surface area (Å²) < 4.78 is 21.8. The predicted molar refractivity (Wildman–Crippen MR) is 89.3 cm³/mol. The summed E-state index contributed by atoms with van der Waals surface area (Å²) >= 11 is 0. The second-order valence-electron chi connectivity index (χ2n) is 7.28. The third-order valence-electron chi connectivity index (χ3n) is 4.92. The fourth-order valence-electron chi connectivity index (χ4n) is 2.51. The molecule has 0 aliphatic carbocycles. The standard InChI is InChI=1S/C18H30O7/c1-8-18(6,7)17(21)25-16-15(23-13(5)20)11(3)10(2)14(24-16)9-22-12(4)19/h10-11,14-16H,8-9H2,1-7H3. The van der Waals surface area contributed by atoms with Crippen molar-refractivity contribution >= 4 is 17.9 Å². The van der Waals surface area contributed by atoms with Crippen LogP contribution in [0.4, 0.5) is 0 Å². The van der Waals surface area contributed by atoms with Gasteiger partial charge in [0.15, 0.2) is 6.10 Å². The first-order chi connectivity index (χ1) is 11.5. The Bertz CT molecular complexity index is 498. The Morgan fingerprint density at radius 2 is 1.60 bits per heavy atom. The summed E-state index contributed by atoms with van der Waals surface area (Å²) in [5, 5.41) is 0. The summed E-state index contributed by atoms with van der Waals surface area (Å²) in [6.07, 6.45) is -1.60. The van der Waals surface area contributed by atoms with Crippen LogP contribution in [0.25, 0.3) is 0 Å². The highest BCUT2D eigenvalue weighted by Gasteiger charge is 2.46. The van der Waals surface area contributed by atoms with Crippen molar-refractivity contribution in [3.63, 3.8) is 0 Å². The first-order valence-electron chi connectivity index (χ1n) is 8.66. The molecule has 5 unspecified atom stereocenters. The minimum Gasteiger partial charge on any atom is -0.463 e. The lowest BCUT2D eigenvalue weighted by Crippen LogP contribution is -2.54. The van der Waals surface area contributed by atoms with Gasteiger partial charge in [-0.3, -0.25) is 14.4 Å². The number of hydrogen-bond donors (Lipinski definition) is 0. The number of hydrogen-bond acceptors (Lipinski definition) is 7. The van der Waals surface area contributed by atoms with Gasteiger partial charge in [0.1, 0.15) is 6.61 Å². The van der Waals surface area contributed by atoms with Crippen molar-refractivity contribution in [3.05, 3.63) is 0 Å². The Labute approximate surface area is 149 Å². The van der Waals surface area contributed by atoms with Crippen molar-refractivity contribution in [2.45, 2.75) is 73.4 Å². The van der Waals surface area contributed by atoms with Gasteiger partial charge >= 0.3 is 17.9 Å². The summed E-state index contributed by atoms with van der Waals surface area (Å²) in [5.74, 6) is -1.50. The van der Waals surface area contributed by atoms with Crippen molar-refractivity contribution in [1.82, 2.24) is 0 Å². The highest BCUT2D eigenvalue weighted by Crippen LogP contribution is 2.35. The lowest BCUT2D eigenvalue weighted by atomic mass is 9.83. The molecule has 0 amide bonds. The molecule has 25 heavy (non-hydrogen) atoms. The molecule has 0 aromatic heterocycles. The number of carbonyl (C=O) groups excluding carboxylic acids is 3. The molecule has 1 aliphatic heterocycles. The van der Waals surface area contributed by atoms with Gasteiger partial charge in [-0.05, 0) is 26.2 Å². The maximum Gasteiger partial charge on any atom is 0.313 e. The third kappa shape index (κ3) is 5.70. The lowest BCUT2D eigenvalue weighted by molar-refractivity contribution is -0.275. The minimum absolute atomic E-state index is 0.0544. The Morgan fingerprint density at radius 1 is 1.00 bits per heavy atom. The van der Waals surface area contributed by atoms with Crippen LogP contribution in [0.5, 0.6) is 0 Å². The van der Waals surface area contributed by atoms with Crippen LogP contribution in [0.2, 0.25) is 0 Å². The van der Waals surface area contributed by atoms with Gasteiger partial charge < -0.3 is 18.9 Å². The van der Waals surface area contributed by atoms with E-state index in [4.69, 9.17) is 18.9 Å². The van der Waals surface area contributed by atoms with E-state index >= 15 is 0 Å². The molecular weight excluding hydrogens is 328 g/mol. The van der Waals surface area contributed by atoms with Crippen LogP contribution in [0, 0.1) is 17.3 Å². The summed E-state index contributed by atoms with van der Waals surface area (Å²) in [5.41, 5.74) is -0.679. The van der Waals surface area contributed by atoms with E-state index in [2.05, 4.69) is 0 Å². The Hall–Kier alpha value is -1.63. The predicted octanol–water partition coefficient (Wildman–Crippen LogP) is 2.46. The molecule has 0 aromatic rings. The van der Waals surface area contributed by atoms with Crippen LogP contribution in [0.1, 0.15) is 54.9 Å². The smallest absolute Gasteiger partial charge is 0.313 e. The van der Waals surface area contributed by atoms with Crippen LogP contribution in [-0.2, 0) is 33.3 Å². The molecule has 0 N–H and O–H groups in total. The zero-order valence-electron chi connectivity index (χ0n) is 16.2. The van der Waals surface area contributed by atoms with Gasteiger partial charge in [-0.15, -0.1) is 0 Å². The highest BCUT2D eigenvalue weighted by molar-refractivity contribution is 5.76. The molecule has 7 nitrogen and oxygen atoms in total. The van der Waals surface area contributed by atoms with E-state index in [1.807, 2.05) is 20.8 Å². The first-order valence-corrected chi connectivity index (χ1v) is 8.66. The molecule has 1 heterocycles. The molecule has 1 rings (SSSR count). The Balaban J connectivity index is 2.97. The van der Waals surface area contributed by atoms with E-state index < -0.39 is 41.8 Å². The van der Waals surface area contributed by atoms with Gasteiger partial charge in [-0.2, -0.15) is 0 Å². The van der Waals surface area contributed by atoms with Gasteiger partial charge in [-0.1, -0.05) is 20.8 Å². The fraction of sp³-hybridized carbons (Fsp3) is 0.833.